The average molecular weight is 376 g/mol. The standard InChI is InChI=1S/C19H26ClN5O/c1-5-22-19(25(4)13-17-10-16(20)12-24(17)3)23-11-14-7-6-8-15(9-14)18(26)21-2/h6-10,12H,5,11,13H2,1-4H3,(H,21,26)(H,22,23). The third kappa shape index (κ3) is 5.26. The predicted octanol–water partition coefficient (Wildman–Crippen LogP) is 2.64. The summed E-state index contributed by atoms with van der Waals surface area (Å²) in [4.78, 5) is 18.5. The molecule has 0 bridgehead atoms. The lowest BCUT2D eigenvalue weighted by molar-refractivity contribution is 0.0963. The SMILES string of the molecule is CCNC(=NCc1cccc(C(=O)NC)c1)N(C)Cc1cc(Cl)cn1C. The number of nitrogens with zero attached hydrogens (tertiary/aromatic N) is 3. The van der Waals surface area contributed by atoms with Crippen LogP contribution in [-0.2, 0) is 20.1 Å². The Labute approximate surface area is 159 Å². The molecule has 0 radical (unpaired) electrons. The molecule has 1 amide bonds. The van der Waals surface area contributed by atoms with E-state index in [1.54, 1.807) is 13.1 Å². The van der Waals surface area contributed by atoms with Crippen LogP contribution in [0, 0.1) is 0 Å². The molecule has 6 nitrogen and oxygen atoms in total. The largest absolute Gasteiger partial charge is 0.357 e. The quantitative estimate of drug-likeness (QED) is 0.602. The monoisotopic (exact) mass is 375 g/mol. The first kappa shape index (κ1) is 19.8. The summed E-state index contributed by atoms with van der Waals surface area (Å²) >= 11 is 6.07. The second-order valence-corrected chi connectivity index (χ2v) is 6.50. The molecule has 1 aromatic heterocycles. The Balaban J connectivity index is 2.13. The lowest BCUT2D eigenvalue weighted by Crippen LogP contribution is -2.38. The van der Waals surface area contributed by atoms with Gasteiger partial charge in [0.1, 0.15) is 0 Å². The first-order valence-corrected chi connectivity index (χ1v) is 8.93. The molecule has 26 heavy (non-hydrogen) atoms. The van der Waals surface area contributed by atoms with Crippen molar-refractivity contribution in [3.05, 3.63) is 58.4 Å². The third-order valence-corrected chi connectivity index (χ3v) is 4.20. The number of halogens is 1. The molecule has 2 aromatic rings. The molecule has 1 heterocycles. The number of aryl methyl sites for hydroxylation is 1. The van der Waals surface area contributed by atoms with Gasteiger partial charge in [-0.05, 0) is 30.7 Å². The molecule has 0 aliphatic rings. The predicted molar refractivity (Wildman–Crippen MR) is 107 cm³/mol. The Morgan fingerprint density at radius 3 is 2.73 bits per heavy atom. The number of nitrogens with one attached hydrogen (secondary N) is 2. The summed E-state index contributed by atoms with van der Waals surface area (Å²) in [6, 6.07) is 9.45. The minimum absolute atomic E-state index is 0.0968. The van der Waals surface area contributed by atoms with Crippen molar-refractivity contribution in [2.24, 2.45) is 12.0 Å². The van der Waals surface area contributed by atoms with E-state index >= 15 is 0 Å². The van der Waals surface area contributed by atoms with E-state index < -0.39 is 0 Å². The van der Waals surface area contributed by atoms with Gasteiger partial charge in [-0.1, -0.05) is 23.7 Å². The molecule has 0 atom stereocenters. The van der Waals surface area contributed by atoms with E-state index in [2.05, 4.69) is 15.5 Å². The molecule has 0 aliphatic carbocycles. The summed E-state index contributed by atoms with van der Waals surface area (Å²) in [5, 5.41) is 6.67. The van der Waals surface area contributed by atoms with Crippen LogP contribution in [0.4, 0.5) is 0 Å². The maximum atomic E-state index is 11.8. The van der Waals surface area contributed by atoms with Crippen LogP contribution >= 0.6 is 11.6 Å². The van der Waals surface area contributed by atoms with Crippen molar-refractivity contribution < 1.29 is 4.79 Å². The van der Waals surface area contributed by atoms with Gasteiger partial charge in [-0.15, -0.1) is 0 Å². The second-order valence-electron chi connectivity index (χ2n) is 6.07. The molecule has 7 heteroatoms. The van der Waals surface area contributed by atoms with Crippen LogP contribution in [0.3, 0.4) is 0 Å². The van der Waals surface area contributed by atoms with E-state index in [0.717, 1.165) is 28.8 Å². The highest BCUT2D eigenvalue weighted by Crippen LogP contribution is 2.14. The number of guanidine groups is 1. The second kappa shape index (κ2) is 9.29. The van der Waals surface area contributed by atoms with E-state index in [0.29, 0.717) is 18.7 Å². The maximum Gasteiger partial charge on any atom is 0.251 e. The zero-order chi connectivity index (χ0) is 19.1. The molecule has 2 rings (SSSR count). The fourth-order valence-corrected chi connectivity index (χ4v) is 2.90. The summed E-state index contributed by atoms with van der Waals surface area (Å²) in [6.45, 7) is 3.99. The minimum atomic E-state index is -0.0968. The van der Waals surface area contributed by atoms with Crippen molar-refractivity contribution in [1.29, 1.82) is 0 Å². The normalized spacial score (nSPS) is 11.3. The van der Waals surface area contributed by atoms with Gasteiger partial charge >= 0.3 is 0 Å². The van der Waals surface area contributed by atoms with E-state index in [1.807, 2.05) is 56.0 Å². The molecular weight excluding hydrogens is 350 g/mol. The Morgan fingerprint density at radius 1 is 1.35 bits per heavy atom. The van der Waals surface area contributed by atoms with Gasteiger partial charge in [0.15, 0.2) is 5.96 Å². The van der Waals surface area contributed by atoms with Crippen molar-refractivity contribution >= 4 is 23.5 Å². The summed E-state index contributed by atoms with van der Waals surface area (Å²) in [6.07, 6.45) is 1.89. The lowest BCUT2D eigenvalue weighted by Gasteiger charge is -2.22. The van der Waals surface area contributed by atoms with Crippen LogP contribution < -0.4 is 10.6 Å². The first-order valence-electron chi connectivity index (χ1n) is 8.55. The Bertz CT molecular complexity index is 784. The number of rotatable bonds is 6. The Hall–Kier alpha value is -2.47. The van der Waals surface area contributed by atoms with Gasteiger partial charge in [0, 0.05) is 45.1 Å². The van der Waals surface area contributed by atoms with Crippen LogP contribution in [-0.4, -0.2) is 42.0 Å². The van der Waals surface area contributed by atoms with Gasteiger partial charge in [-0.3, -0.25) is 4.79 Å². The minimum Gasteiger partial charge on any atom is -0.357 e. The zero-order valence-corrected chi connectivity index (χ0v) is 16.5. The molecular formula is C19H26ClN5O. The van der Waals surface area contributed by atoms with Crippen LogP contribution in [0.2, 0.25) is 5.02 Å². The fourth-order valence-electron chi connectivity index (χ4n) is 2.63. The van der Waals surface area contributed by atoms with Crippen LogP contribution in [0.15, 0.2) is 41.5 Å². The Kier molecular flexibility index (Phi) is 7.09. The highest BCUT2D eigenvalue weighted by molar-refractivity contribution is 6.30. The van der Waals surface area contributed by atoms with Crippen molar-refractivity contribution in [2.75, 3.05) is 20.6 Å². The molecule has 0 aliphatic heterocycles. The van der Waals surface area contributed by atoms with E-state index in [1.165, 1.54) is 0 Å². The first-order chi connectivity index (χ1) is 12.4. The number of benzene rings is 1. The van der Waals surface area contributed by atoms with Crippen LogP contribution in [0.1, 0.15) is 28.5 Å². The topological polar surface area (TPSA) is 61.7 Å². The van der Waals surface area contributed by atoms with Crippen LogP contribution in [0.25, 0.3) is 0 Å². The highest BCUT2D eigenvalue weighted by atomic mass is 35.5. The third-order valence-electron chi connectivity index (χ3n) is 4.00. The van der Waals surface area contributed by atoms with Gasteiger partial charge in [0.05, 0.1) is 18.1 Å². The van der Waals surface area contributed by atoms with Gasteiger partial charge in [-0.2, -0.15) is 0 Å². The molecule has 0 unspecified atom stereocenters. The number of carbonyl (C=O) groups excluding carboxylic acids is 1. The Morgan fingerprint density at radius 2 is 2.12 bits per heavy atom. The van der Waals surface area contributed by atoms with Crippen molar-refractivity contribution in [3.8, 4) is 0 Å². The zero-order valence-electron chi connectivity index (χ0n) is 15.7. The summed E-state index contributed by atoms with van der Waals surface area (Å²) in [7, 11) is 5.59. The average Bonchev–Trinajstić information content (AvgIpc) is 2.95. The lowest BCUT2D eigenvalue weighted by atomic mass is 10.1. The summed E-state index contributed by atoms with van der Waals surface area (Å²) in [5.41, 5.74) is 2.72. The molecule has 0 fully saturated rings. The fraction of sp³-hybridized carbons (Fsp3) is 0.368. The number of hydrogen-bond acceptors (Lipinski definition) is 2. The van der Waals surface area contributed by atoms with E-state index in [4.69, 9.17) is 16.6 Å². The van der Waals surface area contributed by atoms with Gasteiger partial charge in [-0.25, -0.2) is 4.99 Å². The van der Waals surface area contributed by atoms with E-state index in [9.17, 15) is 4.79 Å². The van der Waals surface area contributed by atoms with Crippen LogP contribution in [0.5, 0.6) is 0 Å². The van der Waals surface area contributed by atoms with Crippen molar-refractivity contribution in [1.82, 2.24) is 20.1 Å². The highest BCUT2D eigenvalue weighted by Gasteiger charge is 2.10. The molecule has 0 spiro atoms. The maximum absolute atomic E-state index is 11.8. The van der Waals surface area contributed by atoms with Gasteiger partial charge in [0.25, 0.3) is 5.91 Å². The molecule has 2 N–H and O–H groups in total. The number of aromatic nitrogens is 1. The number of aliphatic imine (C=N–C) groups is 1. The molecule has 0 saturated heterocycles. The van der Waals surface area contributed by atoms with Gasteiger partial charge < -0.3 is 20.1 Å². The smallest absolute Gasteiger partial charge is 0.251 e. The molecule has 1 aromatic carbocycles. The summed E-state index contributed by atoms with van der Waals surface area (Å²) in [5.74, 6) is 0.704. The van der Waals surface area contributed by atoms with Crippen molar-refractivity contribution in [3.63, 3.8) is 0 Å². The number of amides is 1. The van der Waals surface area contributed by atoms with Crippen molar-refractivity contribution in [2.45, 2.75) is 20.0 Å². The number of carbonyl (C=O) groups is 1. The number of hydrogen-bond donors (Lipinski definition) is 2. The van der Waals surface area contributed by atoms with Gasteiger partial charge in [0.2, 0.25) is 0 Å². The summed E-state index contributed by atoms with van der Waals surface area (Å²) < 4.78 is 2.01. The molecule has 140 valence electrons. The van der Waals surface area contributed by atoms with E-state index in [-0.39, 0.29) is 5.91 Å². The molecule has 0 saturated carbocycles.